The number of likely N-dealkylation sites (N-methyl/N-ethyl adjacent to an activating group) is 1. The molecule has 4 heterocycles. The van der Waals surface area contributed by atoms with Gasteiger partial charge in [0.2, 0.25) is 0 Å². The third kappa shape index (κ3) is 4.85. The first-order valence-electron chi connectivity index (χ1n) is 14.0. The van der Waals surface area contributed by atoms with Gasteiger partial charge in [-0.15, -0.1) is 0 Å². The van der Waals surface area contributed by atoms with E-state index in [1.54, 1.807) is 18.5 Å². The number of halogens is 1. The fourth-order valence-electron chi connectivity index (χ4n) is 5.80. The van der Waals surface area contributed by atoms with E-state index in [2.05, 4.69) is 55.6 Å². The quantitative estimate of drug-likeness (QED) is 0.225. The van der Waals surface area contributed by atoms with Gasteiger partial charge >= 0.3 is 0 Å². The number of fused-ring (bicyclic) bond motifs is 3. The predicted molar refractivity (Wildman–Crippen MR) is 162 cm³/mol. The third-order valence-corrected chi connectivity index (χ3v) is 8.02. The van der Waals surface area contributed by atoms with Crippen LogP contribution in [0.5, 0.6) is 0 Å². The average Bonchev–Trinajstić information content (AvgIpc) is 3.61. The summed E-state index contributed by atoms with van der Waals surface area (Å²) in [5.74, 6) is 0.497. The van der Waals surface area contributed by atoms with Gasteiger partial charge < -0.3 is 20.5 Å². The lowest BCUT2D eigenvalue weighted by Crippen LogP contribution is -2.20. The molecule has 7 rings (SSSR count). The molecule has 41 heavy (non-hydrogen) atoms. The van der Waals surface area contributed by atoms with Gasteiger partial charge in [0.15, 0.2) is 0 Å². The van der Waals surface area contributed by atoms with E-state index < -0.39 is 0 Å². The van der Waals surface area contributed by atoms with Crippen LogP contribution in [0.3, 0.4) is 0 Å². The van der Waals surface area contributed by atoms with Crippen molar-refractivity contribution in [3.05, 3.63) is 101 Å². The minimum atomic E-state index is -0.298. The Bertz CT molecular complexity index is 1820. The van der Waals surface area contributed by atoms with Gasteiger partial charge in [-0.1, -0.05) is 12.1 Å². The molecule has 3 aromatic heterocycles. The van der Waals surface area contributed by atoms with E-state index in [0.29, 0.717) is 6.04 Å². The largest absolute Gasteiger partial charge is 0.384 e. The zero-order valence-corrected chi connectivity index (χ0v) is 23.4. The molecular weight excluding hydrogens is 513 g/mol. The first kappa shape index (κ1) is 25.4. The van der Waals surface area contributed by atoms with E-state index in [1.807, 2.05) is 38.6 Å². The summed E-state index contributed by atoms with van der Waals surface area (Å²) in [6, 6.07) is 14.2. The van der Waals surface area contributed by atoms with Gasteiger partial charge in [-0.05, 0) is 92.0 Å². The van der Waals surface area contributed by atoms with Crippen molar-refractivity contribution < 1.29 is 4.39 Å². The molecule has 2 aromatic carbocycles. The number of pyridine rings is 2. The Hall–Kier alpha value is -4.56. The molecule has 0 spiro atoms. The zero-order valence-electron chi connectivity index (χ0n) is 23.4. The Morgan fingerprint density at radius 1 is 0.976 bits per heavy atom. The average molecular weight is 546 g/mol. The van der Waals surface area contributed by atoms with Crippen LogP contribution in [0.15, 0.2) is 72.9 Å². The summed E-state index contributed by atoms with van der Waals surface area (Å²) in [5.41, 5.74) is 12.1. The number of hydrogen-bond acceptors (Lipinski definition) is 6. The van der Waals surface area contributed by atoms with Gasteiger partial charge in [0.05, 0.1) is 23.3 Å². The summed E-state index contributed by atoms with van der Waals surface area (Å²) in [6.45, 7) is 3.68. The van der Waals surface area contributed by atoms with Crippen LogP contribution in [0.2, 0.25) is 0 Å². The molecule has 3 N–H and O–H groups in total. The van der Waals surface area contributed by atoms with Crippen LogP contribution < -0.4 is 10.6 Å². The number of aryl methyl sites for hydroxylation is 2. The van der Waals surface area contributed by atoms with Crippen LogP contribution in [0, 0.1) is 12.7 Å². The van der Waals surface area contributed by atoms with E-state index in [0.717, 1.165) is 76.3 Å². The van der Waals surface area contributed by atoms with Crippen molar-refractivity contribution in [3.63, 3.8) is 0 Å². The first-order chi connectivity index (χ1) is 19.9. The molecule has 1 saturated heterocycles. The van der Waals surface area contributed by atoms with E-state index in [1.165, 1.54) is 28.5 Å². The lowest BCUT2D eigenvalue weighted by Gasteiger charge is -2.13. The molecule has 1 unspecified atom stereocenters. The Balaban J connectivity index is 1.32. The highest BCUT2D eigenvalue weighted by Gasteiger charge is 2.37. The van der Waals surface area contributed by atoms with Crippen molar-refractivity contribution in [2.45, 2.75) is 25.8 Å². The van der Waals surface area contributed by atoms with E-state index in [9.17, 15) is 4.39 Å². The summed E-state index contributed by atoms with van der Waals surface area (Å²) < 4.78 is 14.7. The Morgan fingerprint density at radius 3 is 2.71 bits per heavy atom. The molecule has 1 aliphatic carbocycles. The van der Waals surface area contributed by atoms with Crippen molar-refractivity contribution >= 4 is 22.3 Å². The number of H-pyrrole nitrogens is 1. The summed E-state index contributed by atoms with van der Waals surface area (Å²) in [5, 5.41) is 6.93. The Labute approximate surface area is 238 Å². The molecule has 1 atom stereocenters. The summed E-state index contributed by atoms with van der Waals surface area (Å²) in [6.07, 6.45) is 9.37. The van der Waals surface area contributed by atoms with Crippen LogP contribution in [0.25, 0.3) is 38.9 Å². The Morgan fingerprint density at radius 2 is 1.85 bits per heavy atom. The number of aromatic amines is 1. The van der Waals surface area contributed by atoms with Gasteiger partial charge in [0.1, 0.15) is 11.6 Å². The third-order valence-electron chi connectivity index (χ3n) is 8.02. The Kier molecular flexibility index (Phi) is 6.27. The predicted octanol–water partition coefficient (Wildman–Crippen LogP) is 5.79. The summed E-state index contributed by atoms with van der Waals surface area (Å²) >= 11 is 0. The van der Waals surface area contributed by atoms with Gasteiger partial charge in [-0.25, -0.2) is 9.37 Å². The number of hydrogen-bond donors (Lipinski definition) is 3. The van der Waals surface area contributed by atoms with Gasteiger partial charge in [0, 0.05) is 59.8 Å². The highest BCUT2D eigenvalue weighted by Crippen LogP contribution is 2.42. The highest BCUT2D eigenvalue weighted by atomic mass is 19.1. The molecule has 7 nitrogen and oxygen atoms in total. The maximum Gasteiger partial charge on any atom is 0.141 e. The van der Waals surface area contributed by atoms with Crippen molar-refractivity contribution in [2.24, 2.45) is 0 Å². The van der Waals surface area contributed by atoms with Gasteiger partial charge in [0.25, 0.3) is 0 Å². The highest BCUT2D eigenvalue weighted by molar-refractivity contribution is 5.95. The number of imidazole rings is 1. The van der Waals surface area contributed by atoms with Crippen molar-refractivity contribution in [3.8, 4) is 22.3 Å². The van der Waals surface area contributed by atoms with Crippen LogP contribution in [0.1, 0.15) is 28.9 Å². The number of aromatic nitrogens is 4. The second kappa shape index (κ2) is 10.1. The van der Waals surface area contributed by atoms with Crippen molar-refractivity contribution in [1.82, 2.24) is 30.2 Å². The fraction of sp³-hybridized carbons (Fsp3) is 0.242. The maximum absolute atomic E-state index is 14.7. The first-order valence-corrected chi connectivity index (χ1v) is 14.0. The molecule has 1 aliphatic heterocycles. The van der Waals surface area contributed by atoms with Crippen LogP contribution in [-0.4, -0.2) is 58.1 Å². The molecule has 8 heteroatoms. The van der Waals surface area contributed by atoms with Crippen molar-refractivity contribution in [1.29, 1.82) is 0 Å². The minimum absolute atomic E-state index is 0.298. The number of rotatable bonds is 7. The molecule has 1 fully saturated rings. The van der Waals surface area contributed by atoms with Gasteiger partial charge in [-0.3, -0.25) is 9.97 Å². The number of nitrogens with one attached hydrogen (secondary N) is 3. The summed E-state index contributed by atoms with van der Waals surface area (Å²) in [4.78, 5) is 19.6. The molecule has 5 aromatic rings. The van der Waals surface area contributed by atoms with Crippen LogP contribution in [0.4, 0.5) is 10.1 Å². The molecule has 206 valence electrons. The summed E-state index contributed by atoms with van der Waals surface area (Å²) in [7, 11) is 4.03. The van der Waals surface area contributed by atoms with Gasteiger partial charge in [-0.2, -0.15) is 0 Å². The standard InChI is InChI=1S/C33H32FN7/c1-19-8-9-35-16-26(19)21-5-4-20-6-7-28-32(38-28)30(25(20)14-21)33-39-29-18-36-17-27(31(29)40-33)22-12-23(34)15-24(13-22)37-10-11-41(2)3/h4-5,8-9,12-18,28,37-38H,6-7,10-11H2,1-3H3,(H,39,40). The SMILES string of the molecule is Cc1ccncc1-c1ccc2c(c1)C(c1nc3c(-c4cc(F)cc(NCCN(C)C)c4)cncc3[nH]1)=C1NC1CC2. The normalized spacial score (nSPS) is 15.9. The topological polar surface area (TPSA) is 91.7 Å². The lowest BCUT2D eigenvalue weighted by atomic mass is 9.92. The molecular formula is C33H32FN7. The molecule has 0 amide bonds. The van der Waals surface area contributed by atoms with Crippen LogP contribution >= 0.6 is 0 Å². The number of anilines is 1. The molecule has 0 bridgehead atoms. The second-order valence-electron chi connectivity index (χ2n) is 11.2. The number of nitrogens with zero attached hydrogens (tertiary/aromatic N) is 4. The van der Waals surface area contributed by atoms with E-state index in [-0.39, 0.29) is 5.82 Å². The van der Waals surface area contributed by atoms with E-state index >= 15 is 0 Å². The van der Waals surface area contributed by atoms with Crippen LogP contribution in [-0.2, 0) is 6.42 Å². The lowest BCUT2D eigenvalue weighted by molar-refractivity contribution is 0.425. The monoisotopic (exact) mass is 545 g/mol. The maximum atomic E-state index is 14.7. The van der Waals surface area contributed by atoms with Crippen molar-refractivity contribution in [2.75, 3.05) is 32.5 Å². The smallest absolute Gasteiger partial charge is 0.141 e. The minimum Gasteiger partial charge on any atom is -0.384 e. The zero-order chi connectivity index (χ0) is 28.1. The van der Waals surface area contributed by atoms with E-state index in [4.69, 9.17) is 4.98 Å². The number of benzene rings is 2. The second-order valence-corrected chi connectivity index (χ2v) is 11.2. The fourth-order valence-corrected chi connectivity index (χ4v) is 5.80. The molecule has 2 aliphatic rings. The molecule has 0 saturated carbocycles. The molecule has 0 radical (unpaired) electrons.